The molecule has 1 aromatic carbocycles. The van der Waals surface area contributed by atoms with E-state index in [1.165, 1.54) is 25.7 Å². The standard InChI is InChI=1S/C22H31N3O4/c1-14-20(22(28)25(3,4)18(13-26)21(23)27)17-11-15(9-10-19(17)29-14)12-24(2)16-7-5-6-8-16/h9-11,16,18,26H,5-8,12-13H2,1-4H3,(H-,23,27)/p+1. The van der Waals surface area contributed by atoms with E-state index in [0.29, 0.717) is 22.9 Å². The van der Waals surface area contributed by atoms with E-state index in [9.17, 15) is 14.7 Å². The summed E-state index contributed by atoms with van der Waals surface area (Å²) < 4.78 is 5.46. The van der Waals surface area contributed by atoms with Gasteiger partial charge in [0.2, 0.25) is 0 Å². The molecule has 2 amide bonds. The molecule has 1 fully saturated rings. The molecule has 0 bridgehead atoms. The zero-order valence-electron chi connectivity index (χ0n) is 17.8. The Labute approximate surface area is 171 Å². The van der Waals surface area contributed by atoms with Crippen molar-refractivity contribution in [3.05, 3.63) is 35.1 Å². The van der Waals surface area contributed by atoms with Gasteiger partial charge in [0, 0.05) is 18.0 Å². The van der Waals surface area contributed by atoms with Crippen molar-refractivity contribution in [2.75, 3.05) is 27.7 Å². The second kappa shape index (κ2) is 8.26. The molecule has 1 heterocycles. The normalized spacial score (nSPS) is 16.6. The van der Waals surface area contributed by atoms with Crippen molar-refractivity contribution in [3.8, 4) is 0 Å². The Bertz CT molecular complexity index is 912. The van der Waals surface area contributed by atoms with Crippen molar-refractivity contribution >= 4 is 22.8 Å². The number of hydrogen-bond donors (Lipinski definition) is 2. The van der Waals surface area contributed by atoms with Gasteiger partial charge in [-0.15, -0.1) is 0 Å². The van der Waals surface area contributed by atoms with Crippen molar-refractivity contribution in [1.82, 2.24) is 4.90 Å². The first-order valence-electron chi connectivity index (χ1n) is 10.2. The van der Waals surface area contributed by atoms with E-state index in [1.54, 1.807) is 21.0 Å². The third kappa shape index (κ3) is 4.08. The minimum Gasteiger partial charge on any atom is -0.460 e. The molecule has 0 aliphatic heterocycles. The van der Waals surface area contributed by atoms with E-state index in [2.05, 4.69) is 11.9 Å². The fourth-order valence-electron chi connectivity index (χ4n) is 4.44. The Balaban J connectivity index is 1.96. The number of likely N-dealkylation sites (N-methyl/N-ethyl adjacent to an activating group) is 1. The van der Waals surface area contributed by atoms with Gasteiger partial charge >= 0.3 is 5.91 Å². The first-order chi connectivity index (χ1) is 13.7. The maximum Gasteiger partial charge on any atom is 0.350 e. The Hall–Kier alpha value is -2.22. The molecule has 3 N–H and O–H groups in total. The lowest BCUT2D eigenvalue weighted by atomic mass is 10.0. The number of primary amides is 1. The van der Waals surface area contributed by atoms with E-state index in [-0.39, 0.29) is 10.4 Å². The average molecular weight is 403 g/mol. The van der Waals surface area contributed by atoms with Gasteiger partial charge < -0.3 is 15.3 Å². The third-order valence-electron chi connectivity index (χ3n) is 6.33. The number of hydrogen-bond acceptors (Lipinski definition) is 5. The molecule has 1 unspecified atom stereocenters. The maximum absolute atomic E-state index is 13.4. The lowest BCUT2D eigenvalue weighted by molar-refractivity contribution is -0.825. The number of aliphatic hydroxyl groups is 1. The van der Waals surface area contributed by atoms with E-state index < -0.39 is 18.6 Å². The quantitative estimate of drug-likeness (QED) is 0.692. The number of amides is 2. The van der Waals surface area contributed by atoms with Crippen LogP contribution in [0, 0.1) is 6.92 Å². The fourth-order valence-corrected chi connectivity index (χ4v) is 4.44. The second-order valence-electron chi connectivity index (χ2n) is 8.66. The SMILES string of the molecule is Cc1oc2ccc(CN(C)C3CCCC3)cc2c1C(=O)[N+](C)(C)C(CO)C(N)=O. The highest BCUT2D eigenvalue weighted by atomic mass is 16.3. The van der Waals surface area contributed by atoms with Gasteiger partial charge in [-0.1, -0.05) is 18.9 Å². The van der Waals surface area contributed by atoms with Crippen molar-refractivity contribution in [3.63, 3.8) is 0 Å². The van der Waals surface area contributed by atoms with Crippen molar-refractivity contribution in [2.45, 2.75) is 51.2 Å². The highest BCUT2D eigenvalue weighted by Gasteiger charge is 2.42. The predicted molar refractivity (Wildman–Crippen MR) is 111 cm³/mol. The topological polar surface area (TPSA) is 96.8 Å². The molecular weight excluding hydrogens is 370 g/mol. The number of aliphatic hydroxyl groups excluding tert-OH is 1. The van der Waals surface area contributed by atoms with Crippen LogP contribution in [0.15, 0.2) is 22.6 Å². The average Bonchev–Trinajstić information content (AvgIpc) is 3.28. The highest BCUT2D eigenvalue weighted by Crippen LogP contribution is 2.31. The van der Waals surface area contributed by atoms with Crippen molar-refractivity contribution < 1.29 is 23.6 Å². The van der Waals surface area contributed by atoms with Gasteiger partial charge in [0.25, 0.3) is 5.91 Å². The van der Waals surface area contributed by atoms with Crippen LogP contribution >= 0.6 is 0 Å². The van der Waals surface area contributed by atoms with Gasteiger partial charge in [-0.25, -0.2) is 9.28 Å². The summed E-state index contributed by atoms with van der Waals surface area (Å²) in [5.41, 5.74) is 7.61. The molecular formula is C22H32N3O4+. The summed E-state index contributed by atoms with van der Waals surface area (Å²) in [6, 6.07) is 5.51. The summed E-state index contributed by atoms with van der Waals surface area (Å²) in [5.74, 6) is -0.519. The molecule has 7 nitrogen and oxygen atoms in total. The zero-order chi connectivity index (χ0) is 21.3. The van der Waals surface area contributed by atoms with Crippen LogP contribution in [-0.4, -0.2) is 66.1 Å². The number of carbonyl (C=O) groups is 2. The largest absolute Gasteiger partial charge is 0.460 e. The molecule has 0 saturated heterocycles. The number of furan rings is 1. The van der Waals surface area contributed by atoms with E-state index in [0.717, 1.165) is 17.5 Å². The van der Waals surface area contributed by atoms with Crippen LogP contribution in [0.5, 0.6) is 0 Å². The van der Waals surface area contributed by atoms with Crippen molar-refractivity contribution in [2.24, 2.45) is 5.73 Å². The number of fused-ring (bicyclic) bond motifs is 1. The zero-order valence-corrected chi connectivity index (χ0v) is 17.8. The number of aryl methyl sites for hydroxylation is 1. The predicted octanol–water partition coefficient (Wildman–Crippen LogP) is 2.18. The summed E-state index contributed by atoms with van der Waals surface area (Å²) >= 11 is 0. The molecule has 1 aliphatic carbocycles. The van der Waals surface area contributed by atoms with Crippen LogP contribution in [-0.2, 0) is 11.3 Å². The second-order valence-corrected chi connectivity index (χ2v) is 8.66. The molecule has 1 aliphatic rings. The minimum absolute atomic E-state index is 0.305. The molecule has 158 valence electrons. The first-order valence-corrected chi connectivity index (χ1v) is 10.2. The number of rotatable bonds is 7. The number of benzene rings is 1. The highest BCUT2D eigenvalue weighted by molar-refractivity contribution is 6.05. The Morgan fingerprint density at radius 3 is 2.55 bits per heavy atom. The lowest BCUT2D eigenvalue weighted by Gasteiger charge is -2.32. The monoisotopic (exact) mass is 402 g/mol. The molecule has 29 heavy (non-hydrogen) atoms. The van der Waals surface area contributed by atoms with Crippen LogP contribution in [0.1, 0.15) is 47.4 Å². The van der Waals surface area contributed by atoms with Gasteiger partial charge in [-0.2, -0.15) is 0 Å². The molecule has 2 aromatic rings. The van der Waals surface area contributed by atoms with Crippen LogP contribution < -0.4 is 5.73 Å². The van der Waals surface area contributed by atoms with Gasteiger partial charge in [0.1, 0.15) is 23.5 Å². The number of quaternary nitrogens is 1. The molecule has 1 atom stereocenters. The summed E-state index contributed by atoms with van der Waals surface area (Å²) in [6.07, 6.45) is 5.03. The number of nitrogens with zero attached hydrogens (tertiary/aromatic N) is 2. The van der Waals surface area contributed by atoms with E-state index in [1.807, 2.05) is 18.2 Å². The summed E-state index contributed by atoms with van der Waals surface area (Å²) in [5, 5.41) is 10.3. The fraction of sp³-hybridized carbons (Fsp3) is 0.545. The van der Waals surface area contributed by atoms with Crippen LogP contribution in [0.4, 0.5) is 0 Å². The smallest absolute Gasteiger partial charge is 0.350 e. The van der Waals surface area contributed by atoms with Gasteiger partial charge in [-0.3, -0.25) is 9.69 Å². The summed E-state index contributed by atoms with van der Waals surface area (Å²) in [6.45, 7) is 2.05. The van der Waals surface area contributed by atoms with E-state index >= 15 is 0 Å². The summed E-state index contributed by atoms with van der Waals surface area (Å²) in [4.78, 5) is 27.5. The number of carbonyl (C=O) groups excluding carboxylic acids is 2. The Kier molecular flexibility index (Phi) is 6.12. The molecule has 1 aromatic heterocycles. The van der Waals surface area contributed by atoms with Gasteiger partial charge in [0.05, 0.1) is 14.1 Å². The Morgan fingerprint density at radius 1 is 1.31 bits per heavy atom. The molecule has 1 saturated carbocycles. The molecule has 3 rings (SSSR count). The maximum atomic E-state index is 13.4. The third-order valence-corrected chi connectivity index (χ3v) is 6.33. The summed E-state index contributed by atoms with van der Waals surface area (Å²) in [7, 11) is 5.32. The molecule has 7 heteroatoms. The molecule has 0 spiro atoms. The van der Waals surface area contributed by atoms with Gasteiger partial charge in [-0.05, 0) is 44.5 Å². The van der Waals surface area contributed by atoms with E-state index in [4.69, 9.17) is 10.2 Å². The first kappa shape index (κ1) is 21.5. The minimum atomic E-state index is -1.02. The van der Waals surface area contributed by atoms with Crippen LogP contribution in [0.2, 0.25) is 0 Å². The van der Waals surface area contributed by atoms with Crippen molar-refractivity contribution in [1.29, 1.82) is 0 Å². The number of nitrogens with two attached hydrogens (primary N) is 1. The van der Waals surface area contributed by atoms with Crippen LogP contribution in [0.25, 0.3) is 11.0 Å². The van der Waals surface area contributed by atoms with Crippen LogP contribution in [0.3, 0.4) is 0 Å². The van der Waals surface area contributed by atoms with Gasteiger partial charge in [0.15, 0.2) is 6.04 Å². The molecule has 0 radical (unpaired) electrons. The Morgan fingerprint density at radius 2 is 1.97 bits per heavy atom. The lowest BCUT2D eigenvalue weighted by Crippen LogP contribution is -2.60.